The summed E-state index contributed by atoms with van der Waals surface area (Å²) in [7, 11) is 0. The van der Waals surface area contributed by atoms with Crippen molar-refractivity contribution in [2.24, 2.45) is 0 Å². The molecule has 4 nitrogen and oxygen atoms in total. The number of carbonyl (C=O) groups is 1. The van der Waals surface area contributed by atoms with Crippen LogP contribution < -0.4 is 10.5 Å². The molecule has 1 aliphatic rings. The summed E-state index contributed by atoms with van der Waals surface area (Å²) in [6.45, 7) is 3.46. The van der Waals surface area contributed by atoms with E-state index in [1.54, 1.807) is 12.1 Å². The van der Waals surface area contributed by atoms with Crippen molar-refractivity contribution in [1.82, 2.24) is 4.90 Å². The van der Waals surface area contributed by atoms with Crippen molar-refractivity contribution < 1.29 is 9.53 Å². The molecular formula is C16H24N2O2. The Labute approximate surface area is 120 Å². The molecule has 0 aromatic heterocycles. The minimum atomic E-state index is 0.204. The third-order valence-corrected chi connectivity index (χ3v) is 3.84. The van der Waals surface area contributed by atoms with Gasteiger partial charge in [0.1, 0.15) is 5.75 Å². The van der Waals surface area contributed by atoms with Gasteiger partial charge in [0.15, 0.2) is 0 Å². The molecule has 1 fully saturated rings. The molecule has 1 aromatic carbocycles. The Kier molecular flexibility index (Phi) is 5.27. The molecule has 1 atom stereocenters. The first kappa shape index (κ1) is 14.7. The van der Waals surface area contributed by atoms with Crippen molar-refractivity contribution in [2.45, 2.75) is 45.1 Å². The average Bonchev–Trinajstić information content (AvgIpc) is 2.65. The number of nitrogens with zero attached hydrogens (tertiary/aromatic N) is 1. The van der Waals surface area contributed by atoms with Gasteiger partial charge in [0.25, 0.3) is 0 Å². The summed E-state index contributed by atoms with van der Waals surface area (Å²) in [4.78, 5) is 14.2. The highest BCUT2D eigenvalue weighted by molar-refractivity contribution is 5.76. The van der Waals surface area contributed by atoms with Crippen LogP contribution in [0, 0.1) is 0 Å². The predicted molar refractivity (Wildman–Crippen MR) is 80.6 cm³/mol. The van der Waals surface area contributed by atoms with Crippen LogP contribution in [-0.4, -0.2) is 30.0 Å². The van der Waals surface area contributed by atoms with E-state index in [4.69, 9.17) is 10.5 Å². The molecule has 1 unspecified atom stereocenters. The first-order valence-electron chi connectivity index (χ1n) is 7.44. The van der Waals surface area contributed by atoms with Crippen LogP contribution in [0.25, 0.3) is 0 Å². The number of benzene rings is 1. The molecule has 0 radical (unpaired) electrons. The molecule has 0 bridgehead atoms. The highest BCUT2D eigenvalue weighted by Gasteiger charge is 2.21. The molecule has 20 heavy (non-hydrogen) atoms. The summed E-state index contributed by atoms with van der Waals surface area (Å²) >= 11 is 0. The Bertz CT molecular complexity index is 431. The van der Waals surface area contributed by atoms with Crippen LogP contribution >= 0.6 is 0 Å². The molecule has 110 valence electrons. The summed E-state index contributed by atoms with van der Waals surface area (Å²) < 4.78 is 5.59. The van der Waals surface area contributed by atoms with E-state index in [1.807, 2.05) is 17.0 Å². The van der Waals surface area contributed by atoms with Crippen molar-refractivity contribution >= 4 is 11.6 Å². The smallest absolute Gasteiger partial charge is 0.226 e. The fourth-order valence-corrected chi connectivity index (χ4v) is 2.61. The van der Waals surface area contributed by atoms with Crippen LogP contribution in [0.1, 0.15) is 39.0 Å². The molecule has 1 heterocycles. The Morgan fingerprint density at radius 1 is 1.30 bits per heavy atom. The second-order valence-corrected chi connectivity index (χ2v) is 5.45. The van der Waals surface area contributed by atoms with Crippen LogP contribution in [0.15, 0.2) is 24.3 Å². The molecule has 1 aromatic rings. The van der Waals surface area contributed by atoms with Gasteiger partial charge in [0.2, 0.25) is 5.91 Å². The van der Waals surface area contributed by atoms with Crippen molar-refractivity contribution in [2.75, 3.05) is 18.9 Å². The van der Waals surface area contributed by atoms with Gasteiger partial charge < -0.3 is 15.4 Å². The molecule has 1 saturated heterocycles. The van der Waals surface area contributed by atoms with Crippen molar-refractivity contribution in [3.05, 3.63) is 24.3 Å². The number of amides is 1. The maximum absolute atomic E-state index is 12.2. The molecule has 0 saturated carbocycles. The van der Waals surface area contributed by atoms with E-state index in [2.05, 4.69) is 6.92 Å². The lowest BCUT2D eigenvalue weighted by molar-refractivity contribution is -0.133. The lowest BCUT2D eigenvalue weighted by atomic mass is 10.1. The van der Waals surface area contributed by atoms with Gasteiger partial charge in [-0.15, -0.1) is 0 Å². The summed E-state index contributed by atoms with van der Waals surface area (Å²) in [6, 6.07) is 7.62. The third kappa shape index (κ3) is 4.15. The van der Waals surface area contributed by atoms with Crippen LogP contribution in [0.4, 0.5) is 5.69 Å². The van der Waals surface area contributed by atoms with Crippen molar-refractivity contribution in [3.8, 4) is 5.75 Å². The maximum Gasteiger partial charge on any atom is 0.226 e. The first-order valence-corrected chi connectivity index (χ1v) is 7.44. The van der Waals surface area contributed by atoms with Crippen LogP contribution in [0.3, 0.4) is 0 Å². The number of rotatable bonds is 4. The van der Waals surface area contributed by atoms with E-state index in [9.17, 15) is 4.79 Å². The largest absolute Gasteiger partial charge is 0.493 e. The van der Waals surface area contributed by atoms with E-state index < -0.39 is 0 Å². The zero-order valence-electron chi connectivity index (χ0n) is 12.2. The fraction of sp³-hybridized carbons (Fsp3) is 0.562. The minimum absolute atomic E-state index is 0.204. The minimum Gasteiger partial charge on any atom is -0.493 e. The van der Waals surface area contributed by atoms with Crippen molar-refractivity contribution in [1.29, 1.82) is 0 Å². The normalized spacial score (nSPS) is 19.4. The monoisotopic (exact) mass is 276 g/mol. The average molecular weight is 276 g/mol. The number of ether oxygens (including phenoxy) is 1. The number of hydrogen-bond donors (Lipinski definition) is 1. The Morgan fingerprint density at radius 2 is 2.05 bits per heavy atom. The molecule has 0 spiro atoms. The Hall–Kier alpha value is -1.71. The SMILES string of the molecule is CC1CCCCCN1C(=O)CCOc1ccc(N)cc1. The topological polar surface area (TPSA) is 55.6 Å². The highest BCUT2D eigenvalue weighted by atomic mass is 16.5. The molecule has 2 N–H and O–H groups in total. The molecule has 4 heteroatoms. The van der Waals surface area contributed by atoms with Crippen LogP contribution in [0.2, 0.25) is 0 Å². The number of nitrogen functional groups attached to an aromatic ring is 1. The third-order valence-electron chi connectivity index (χ3n) is 3.84. The van der Waals surface area contributed by atoms with E-state index in [1.165, 1.54) is 12.8 Å². The van der Waals surface area contributed by atoms with Gasteiger partial charge in [-0.1, -0.05) is 12.8 Å². The fourth-order valence-electron chi connectivity index (χ4n) is 2.61. The molecule has 2 rings (SSSR count). The van der Waals surface area contributed by atoms with Gasteiger partial charge >= 0.3 is 0 Å². The number of carbonyl (C=O) groups excluding carboxylic acids is 1. The van der Waals surface area contributed by atoms with Crippen LogP contribution in [-0.2, 0) is 4.79 Å². The molecule has 1 aliphatic heterocycles. The van der Waals surface area contributed by atoms with Gasteiger partial charge in [-0.2, -0.15) is 0 Å². The van der Waals surface area contributed by atoms with E-state index in [0.29, 0.717) is 24.8 Å². The standard InChI is InChI=1S/C16H24N2O2/c1-13-5-3-2-4-11-18(13)16(19)10-12-20-15-8-6-14(17)7-9-15/h6-9,13H,2-5,10-12,17H2,1H3. The summed E-state index contributed by atoms with van der Waals surface area (Å²) in [6.07, 6.45) is 5.14. The zero-order chi connectivity index (χ0) is 14.4. The molecule has 1 amide bonds. The number of nitrogens with two attached hydrogens (primary N) is 1. The highest BCUT2D eigenvalue weighted by Crippen LogP contribution is 2.18. The van der Waals surface area contributed by atoms with Gasteiger partial charge in [-0.05, 0) is 44.0 Å². The summed E-state index contributed by atoms with van der Waals surface area (Å²) in [5.41, 5.74) is 6.33. The second kappa shape index (κ2) is 7.17. The lowest BCUT2D eigenvalue weighted by Gasteiger charge is -2.27. The van der Waals surface area contributed by atoms with Gasteiger partial charge in [0.05, 0.1) is 13.0 Å². The zero-order valence-corrected chi connectivity index (χ0v) is 12.2. The van der Waals surface area contributed by atoms with Gasteiger partial charge in [-0.25, -0.2) is 0 Å². The Morgan fingerprint density at radius 3 is 2.80 bits per heavy atom. The van der Waals surface area contributed by atoms with E-state index >= 15 is 0 Å². The van der Waals surface area contributed by atoms with Crippen LogP contribution in [0.5, 0.6) is 5.75 Å². The maximum atomic E-state index is 12.2. The van der Waals surface area contributed by atoms with E-state index in [-0.39, 0.29) is 5.91 Å². The molecule has 0 aliphatic carbocycles. The predicted octanol–water partition coefficient (Wildman–Crippen LogP) is 2.83. The second-order valence-electron chi connectivity index (χ2n) is 5.45. The van der Waals surface area contributed by atoms with Gasteiger partial charge in [-0.3, -0.25) is 4.79 Å². The quantitative estimate of drug-likeness (QED) is 0.860. The number of likely N-dealkylation sites (tertiary alicyclic amines) is 1. The lowest BCUT2D eigenvalue weighted by Crippen LogP contribution is -2.38. The van der Waals surface area contributed by atoms with E-state index in [0.717, 1.165) is 25.1 Å². The Balaban J connectivity index is 1.78. The van der Waals surface area contributed by atoms with Crippen molar-refractivity contribution in [3.63, 3.8) is 0 Å². The summed E-state index contributed by atoms with van der Waals surface area (Å²) in [5, 5.41) is 0. The number of hydrogen-bond acceptors (Lipinski definition) is 3. The first-order chi connectivity index (χ1) is 9.66. The van der Waals surface area contributed by atoms with Gasteiger partial charge in [0, 0.05) is 18.3 Å². The number of anilines is 1. The molecular weight excluding hydrogens is 252 g/mol. The summed E-state index contributed by atoms with van der Waals surface area (Å²) in [5.74, 6) is 0.964.